The number of carbonyl (C=O) groups is 1. The van der Waals surface area contributed by atoms with E-state index in [0.29, 0.717) is 5.92 Å². The highest BCUT2D eigenvalue weighted by Crippen LogP contribution is 2.60. The van der Waals surface area contributed by atoms with E-state index in [0.717, 1.165) is 10.5 Å². The molecule has 1 aromatic rings. The van der Waals surface area contributed by atoms with Crippen molar-refractivity contribution in [2.24, 2.45) is 0 Å². The van der Waals surface area contributed by atoms with Crippen molar-refractivity contribution in [3.05, 3.63) is 29.8 Å². The Labute approximate surface area is 153 Å². The molecule has 0 fully saturated rings. The van der Waals surface area contributed by atoms with E-state index in [1.165, 1.54) is 11.4 Å². The molecule has 1 atom stereocenters. The maximum Gasteiger partial charge on any atom is 0.407 e. The van der Waals surface area contributed by atoms with Crippen molar-refractivity contribution in [3.63, 3.8) is 0 Å². The molecule has 5 nitrogen and oxygen atoms in total. The molecule has 0 radical (unpaired) electrons. The molecule has 136 valence electrons. The maximum absolute atomic E-state index is 11.5. The summed E-state index contributed by atoms with van der Waals surface area (Å²) in [6.07, 6.45) is -0.518. The number of alkyl carbamates (subject to hydrolysis) is 1. The van der Waals surface area contributed by atoms with Gasteiger partial charge in [0.15, 0.2) is 0 Å². The standard InChI is InChI=1S/C16H26NO4PS2/c1-12(2)13-8-6-7-9-14(13)24-22(19,23)20-11-10-17-15(18)21-16(3,4)5/h6-9,12H,10-11H2,1-5H3,(H,17,18)(H,19,23). The summed E-state index contributed by atoms with van der Waals surface area (Å²) in [5.41, 5.74) is -2.45. The van der Waals surface area contributed by atoms with E-state index in [2.05, 4.69) is 19.2 Å². The van der Waals surface area contributed by atoms with E-state index in [9.17, 15) is 9.69 Å². The molecule has 0 saturated carbocycles. The lowest BCUT2D eigenvalue weighted by atomic mass is 10.0. The minimum atomic E-state index is -3.02. The molecule has 0 saturated heterocycles. The molecule has 0 aliphatic rings. The van der Waals surface area contributed by atoms with Gasteiger partial charge in [0.2, 0.25) is 5.69 Å². The zero-order valence-electron chi connectivity index (χ0n) is 14.7. The van der Waals surface area contributed by atoms with Crippen LogP contribution in [0.25, 0.3) is 0 Å². The van der Waals surface area contributed by atoms with Crippen LogP contribution < -0.4 is 5.32 Å². The first kappa shape index (κ1) is 21.5. The highest BCUT2D eigenvalue weighted by molar-refractivity contribution is 8.67. The molecule has 0 aromatic heterocycles. The number of amides is 1. The third kappa shape index (κ3) is 8.49. The average molecular weight is 391 g/mol. The fraction of sp³-hybridized carbons (Fsp3) is 0.562. The van der Waals surface area contributed by atoms with Crippen LogP contribution in [0.15, 0.2) is 29.2 Å². The molecule has 2 N–H and O–H groups in total. The maximum atomic E-state index is 11.5. The molecule has 0 heterocycles. The van der Waals surface area contributed by atoms with Gasteiger partial charge in [-0.25, -0.2) is 4.79 Å². The van der Waals surface area contributed by atoms with Crippen molar-refractivity contribution in [1.82, 2.24) is 5.32 Å². The predicted octanol–water partition coefficient (Wildman–Crippen LogP) is 4.66. The SMILES string of the molecule is CC(C)c1ccccc1SP(O)(=S)OCCNC(=O)OC(C)(C)C. The zero-order valence-corrected chi connectivity index (χ0v) is 17.3. The summed E-state index contributed by atoms with van der Waals surface area (Å²) in [6, 6.07) is 7.82. The lowest BCUT2D eigenvalue weighted by molar-refractivity contribution is 0.0520. The molecule has 0 aliphatic carbocycles. The van der Waals surface area contributed by atoms with Gasteiger partial charge in [0.25, 0.3) is 0 Å². The Hall–Kier alpha value is -0.590. The van der Waals surface area contributed by atoms with Gasteiger partial charge in [0.05, 0.1) is 6.61 Å². The highest BCUT2D eigenvalue weighted by Gasteiger charge is 2.20. The average Bonchev–Trinajstić information content (AvgIpc) is 2.41. The van der Waals surface area contributed by atoms with Crippen LogP contribution in [0.5, 0.6) is 0 Å². The van der Waals surface area contributed by atoms with Crippen LogP contribution in [-0.4, -0.2) is 29.7 Å². The van der Waals surface area contributed by atoms with Crippen LogP contribution in [0.2, 0.25) is 0 Å². The van der Waals surface area contributed by atoms with Crippen LogP contribution in [0.4, 0.5) is 4.79 Å². The molecule has 1 amide bonds. The van der Waals surface area contributed by atoms with Gasteiger partial charge in [-0.05, 0) is 61.5 Å². The monoisotopic (exact) mass is 391 g/mol. The van der Waals surface area contributed by atoms with Crippen molar-refractivity contribution >= 4 is 35.0 Å². The van der Waals surface area contributed by atoms with Gasteiger partial charge < -0.3 is 19.5 Å². The van der Waals surface area contributed by atoms with Gasteiger partial charge in [-0.15, -0.1) is 0 Å². The Morgan fingerprint density at radius 1 is 1.38 bits per heavy atom. The summed E-state index contributed by atoms with van der Waals surface area (Å²) >= 11 is 6.39. The van der Waals surface area contributed by atoms with E-state index in [-0.39, 0.29) is 13.2 Å². The molecule has 1 aromatic carbocycles. The second kappa shape index (κ2) is 9.20. The van der Waals surface area contributed by atoms with E-state index in [1.807, 2.05) is 24.3 Å². The third-order valence-corrected chi connectivity index (χ3v) is 6.67. The van der Waals surface area contributed by atoms with Crippen molar-refractivity contribution < 1.29 is 18.9 Å². The van der Waals surface area contributed by atoms with Crippen molar-refractivity contribution in [1.29, 1.82) is 0 Å². The van der Waals surface area contributed by atoms with Gasteiger partial charge in [0.1, 0.15) is 5.60 Å². The van der Waals surface area contributed by atoms with Crippen molar-refractivity contribution in [2.75, 3.05) is 13.2 Å². The molecule has 1 unspecified atom stereocenters. The lowest BCUT2D eigenvalue weighted by Gasteiger charge is -2.20. The smallest absolute Gasteiger partial charge is 0.407 e. The van der Waals surface area contributed by atoms with Crippen molar-refractivity contribution in [2.45, 2.75) is 51.0 Å². The normalized spacial score (nSPS) is 14.3. The van der Waals surface area contributed by atoms with Gasteiger partial charge in [-0.3, -0.25) is 0 Å². The van der Waals surface area contributed by atoms with E-state index in [4.69, 9.17) is 21.1 Å². The quantitative estimate of drug-likeness (QED) is 0.520. The Kier molecular flexibility index (Phi) is 8.23. The number of nitrogens with one attached hydrogen (secondary N) is 1. The topological polar surface area (TPSA) is 67.8 Å². The Balaban J connectivity index is 2.48. The lowest BCUT2D eigenvalue weighted by Crippen LogP contribution is -2.34. The molecule has 8 heteroatoms. The molecule has 1 rings (SSSR count). The van der Waals surface area contributed by atoms with Crippen LogP contribution in [-0.2, 0) is 21.1 Å². The second-order valence-corrected chi connectivity index (χ2v) is 12.5. The van der Waals surface area contributed by atoms with Crippen molar-refractivity contribution in [3.8, 4) is 0 Å². The fourth-order valence-corrected chi connectivity index (χ4v) is 5.56. The van der Waals surface area contributed by atoms with Gasteiger partial charge >= 0.3 is 6.09 Å². The summed E-state index contributed by atoms with van der Waals surface area (Å²) < 4.78 is 10.5. The largest absolute Gasteiger partial charge is 0.444 e. The highest BCUT2D eigenvalue weighted by atomic mass is 32.9. The van der Waals surface area contributed by atoms with E-state index < -0.39 is 17.4 Å². The van der Waals surface area contributed by atoms with E-state index in [1.54, 1.807) is 20.8 Å². The van der Waals surface area contributed by atoms with Crippen LogP contribution in [0.3, 0.4) is 0 Å². The van der Waals surface area contributed by atoms with Crippen LogP contribution >= 0.6 is 17.1 Å². The molecular formula is C16H26NO4PS2. The first-order valence-electron chi connectivity index (χ1n) is 7.73. The van der Waals surface area contributed by atoms with Crippen LogP contribution in [0, 0.1) is 0 Å². The summed E-state index contributed by atoms with van der Waals surface area (Å²) in [7, 11) is 0. The number of benzene rings is 1. The number of ether oxygens (including phenoxy) is 1. The summed E-state index contributed by atoms with van der Waals surface area (Å²) in [4.78, 5) is 22.8. The van der Waals surface area contributed by atoms with Gasteiger partial charge in [-0.2, -0.15) is 0 Å². The molecular weight excluding hydrogens is 365 g/mol. The van der Waals surface area contributed by atoms with Gasteiger partial charge in [0, 0.05) is 11.4 Å². The third-order valence-electron chi connectivity index (χ3n) is 2.78. The summed E-state index contributed by atoms with van der Waals surface area (Å²) in [5.74, 6) is 0.331. The number of hydrogen-bond donors (Lipinski definition) is 2. The number of hydrogen-bond acceptors (Lipinski definition) is 5. The minimum Gasteiger partial charge on any atom is -0.444 e. The first-order chi connectivity index (χ1) is 11.0. The Morgan fingerprint density at radius 2 is 2.00 bits per heavy atom. The Bertz CT molecular complexity index is 602. The summed E-state index contributed by atoms with van der Waals surface area (Å²) in [6.45, 7) is 9.90. The zero-order chi connectivity index (χ0) is 18.4. The number of carbonyl (C=O) groups excluding carboxylic acids is 1. The van der Waals surface area contributed by atoms with Gasteiger partial charge in [-0.1, -0.05) is 32.0 Å². The number of rotatable bonds is 7. The Morgan fingerprint density at radius 3 is 2.58 bits per heavy atom. The minimum absolute atomic E-state index is 0.129. The molecule has 0 spiro atoms. The summed E-state index contributed by atoms with van der Waals surface area (Å²) in [5, 5.41) is 2.57. The molecule has 24 heavy (non-hydrogen) atoms. The predicted molar refractivity (Wildman–Crippen MR) is 103 cm³/mol. The second-order valence-electron chi connectivity index (χ2n) is 6.51. The van der Waals surface area contributed by atoms with Crippen LogP contribution in [0.1, 0.15) is 46.1 Å². The first-order valence-corrected chi connectivity index (χ1v) is 11.8. The van der Waals surface area contributed by atoms with E-state index >= 15 is 0 Å². The fourth-order valence-electron chi connectivity index (χ4n) is 1.82. The molecule has 0 aliphatic heterocycles. The molecule has 0 bridgehead atoms.